The lowest BCUT2D eigenvalue weighted by Crippen LogP contribution is -2.62. The zero-order chi connectivity index (χ0) is 14.0. The zero-order valence-corrected chi connectivity index (χ0v) is 13.0. The Labute approximate surface area is 117 Å². The molecule has 0 amide bonds. The first-order valence-electron chi connectivity index (χ1n) is 7.57. The highest BCUT2D eigenvalue weighted by Gasteiger charge is 2.35. The maximum atomic E-state index is 4.60. The summed E-state index contributed by atoms with van der Waals surface area (Å²) in [6.07, 6.45) is 5.51. The molecule has 1 N–H and O–H groups in total. The molecule has 2 heterocycles. The molecule has 0 bridgehead atoms. The average molecular weight is 264 g/mol. The molecule has 0 saturated carbocycles. The topological polar surface area (TPSA) is 33.1 Å². The fraction of sp³-hybridized carbons (Fsp3) is 0.800. The fourth-order valence-electron chi connectivity index (χ4n) is 2.93. The summed E-state index contributed by atoms with van der Waals surface area (Å²) >= 11 is 0. The quantitative estimate of drug-likeness (QED) is 0.906. The molecule has 1 aliphatic heterocycles. The summed E-state index contributed by atoms with van der Waals surface area (Å²) in [4.78, 5) is 2.58. The lowest BCUT2D eigenvalue weighted by Gasteiger charge is -2.47. The van der Waals surface area contributed by atoms with Crippen LogP contribution in [0.4, 0.5) is 5.69 Å². The van der Waals surface area contributed by atoms with Crippen LogP contribution in [0.2, 0.25) is 0 Å². The second-order valence-electron chi connectivity index (χ2n) is 5.97. The molecule has 2 atom stereocenters. The molecule has 1 aliphatic rings. The summed E-state index contributed by atoms with van der Waals surface area (Å²) in [5.41, 5.74) is 2.77. The van der Waals surface area contributed by atoms with Crippen LogP contribution in [0.25, 0.3) is 0 Å². The number of aromatic nitrogens is 2. The maximum absolute atomic E-state index is 4.60. The van der Waals surface area contributed by atoms with Crippen LogP contribution in [0.5, 0.6) is 0 Å². The molecule has 4 heteroatoms. The van der Waals surface area contributed by atoms with E-state index in [-0.39, 0.29) is 5.54 Å². The smallest absolute Gasteiger partial charge is 0.0855 e. The third-order valence-corrected chi connectivity index (χ3v) is 4.50. The molecule has 108 valence electrons. The molecule has 1 aromatic heterocycles. The van der Waals surface area contributed by atoms with Gasteiger partial charge in [-0.15, -0.1) is 0 Å². The Hall–Kier alpha value is -1.03. The van der Waals surface area contributed by atoms with Gasteiger partial charge < -0.3 is 10.2 Å². The van der Waals surface area contributed by atoms with Crippen molar-refractivity contribution in [3.8, 4) is 0 Å². The highest BCUT2D eigenvalue weighted by atomic mass is 15.3. The highest BCUT2D eigenvalue weighted by molar-refractivity contribution is 5.51. The molecule has 1 saturated heterocycles. The van der Waals surface area contributed by atoms with Crippen LogP contribution < -0.4 is 10.2 Å². The van der Waals surface area contributed by atoms with Gasteiger partial charge in [0.15, 0.2) is 0 Å². The molecule has 2 rings (SSSR count). The van der Waals surface area contributed by atoms with Crippen LogP contribution in [-0.4, -0.2) is 34.5 Å². The number of anilines is 1. The van der Waals surface area contributed by atoms with E-state index in [9.17, 15) is 0 Å². The van der Waals surface area contributed by atoms with Crippen molar-refractivity contribution < 1.29 is 0 Å². The minimum Gasteiger partial charge on any atom is -0.363 e. The van der Waals surface area contributed by atoms with Crippen molar-refractivity contribution in [3.05, 3.63) is 11.9 Å². The number of nitrogens with zero attached hydrogens (tertiary/aromatic N) is 3. The van der Waals surface area contributed by atoms with Crippen molar-refractivity contribution in [1.82, 2.24) is 15.1 Å². The van der Waals surface area contributed by atoms with E-state index >= 15 is 0 Å². The SMILES string of the molecule is CCc1nn(C)cc1N1CC(C)(CC)NCC1CC. The van der Waals surface area contributed by atoms with E-state index in [0.29, 0.717) is 6.04 Å². The largest absolute Gasteiger partial charge is 0.363 e. The van der Waals surface area contributed by atoms with E-state index in [2.05, 4.69) is 49.2 Å². The van der Waals surface area contributed by atoms with Gasteiger partial charge in [0, 0.05) is 37.9 Å². The van der Waals surface area contributed by atoms with E-state index < -0.39 is 0 Å². The molecule has 1 fully saturated rings. The predicted molar refractivity (Wildman–Crippen MR) is 80.7 cm³/mol. The Morgan fingerprint density at radius 1 is 1.42 bits per heavy atom. The van der Waals surface area contributed by atoms with Crippen LogP contribution in [0.15, 0.2) is 6.20 Å². The normalized spacial score (nSPS) is 27.8. The van der Waals surface area contributed by atoms with Crippen molar-refractivity contribution in [2.75, 3.05) is 18.0 Å². The molecule has 0 aliphatic carbocycles. The van der Waals surface area contributed by atoms with E-state index in [1.807, 2.05) is 11.7 Å². The third kappa shape index (κ3) is 2.78. The zero-order valence-electron chi connectivity index (χ0n) is 13.0. The minimum atomic E-state index is 0.215. The van der Waals surface area contributed by atoms with Crippen molar-refractivity contribution in [2.24, 2.45) is 7.05 Å². The molecule has 0 radical (unpaired) electrons. The van der Waals surface area contributed by atoms with Gasteiger partial charge in [-0.1, -0.05) is 20.8 Å². The van der Waals surface area contributed by atoms with Crippen molar-refractivity contribution in [1.29, 1.82) is 0 Å². The number of rotatable bonds is 4. The number of nitrogens with one attached hydrogen (secondary N) is 1. The lowest BCUT2D eigenvalue weighted by atomic mass is 9.92. The maximum Gasteiger partial charge on any atom is 0.0855 e. The summed E-state index contributed by atoms with van der Waals surface area (Å²) in [5, 5.41) is 8.32. The summed E-state index contributed by atoms with van der Waals surface area (Å²) in [5.74, 6) is 0. The number of aryl methyl sites for hydroxylation is 2. The molecule has 0 spiro atoms. The van der Waals surface area contributed by atoms with Gasteiger partial charge in [-0.2, -0.15) is 5.10 Å². The van der Waals surface area contributed by atoms with Gasteiger partial charge >= 0.3 is 0 Å². The van der Waals surface area contributed by atoms with E-state index in [1.165, 1.54) is 17.8 Å². The minimum absolute atomic E-state index is 0.215. The Kier molecular flexibility index (Phi) is 4.19. The average Bonchev–Trinajstić information content (AvgIpc) is 2.80. The van der Waals surface area contributed by atoms with E-state index in [4.69, 9.17) is 0 Å². The standard InChI is InChI=1S/C15H28N4/c1-6-12-9-16-15(4,8-3)11-19(12)14-10-18(5)17-13(14)7-2/h10,12,16H,6-9,11H2,1-5H3. The van der Waals surface area contributed by atoms with Gasteiger partial charge in [0.1, 0.15) is 0 Å². The predicted octanol–water partition coefficient (Wildman–Crippen LogP) is 2.34. The van der Waals surface area contributed by atoms with Crippen molar-refractivity contribution >= 4 is 5.69 Å². The van der Waals surface area contributed by atoms with Crippen molar-refractivity contribution in [2.45, 2.75) is 58.5 Å². The van der Waals surface area contributed by atoms with Gasteiger partial charge in [0.05, 0.1) is 11.4 Å². The van der Waals surface area contributed by atoms with E-state index in [0.717, 1.165) is 25.9 Å². The number of piperazine rings is 1. The Bertz CT molecular complexity index is 426. The second kappa shape index (κ2) is 5.53. The first-order valence-corrected chi connectivity index (χ1v) is 7.57. The van der Waals surface area contributed by atoms with Gasteiger partial charge in [-0.05, 0) is 26.2 Å². The molecule has 2 unspecified atom stereocenters. The Morgan fingerprint density at radius 2 is 2.16 bits per heavy atom. The van der Waals surface area contributed by atoms with Crippen LogP contribution in [-0.2, 0) is 13.5 Å². The fourth-order valence-corrected chi connectivity index (χ4v) is 2.93. The molecular weight excluding hydrogens is 236 g/mol. The number of hydrogen-bond acceptors (Lipinski definition) is 3. The van der Waals surface area contributed by atoms with Gasteiger partial charge in [0.25, 0.3) is 0 Å². The molecule has 19 heavy (non-hydrogen) atoms. The lowest BCUT2D eigenvalue weighted by molar-refractivity contribution is 0.276. The highest BCUT2D eigenvalue weighted by Crippen LogP contribution is 2.29. The summed E-state index contributed by atoms with van der Waals surface area (Å²) < 4.78 is 1.95. The van der Waals surface area contributed by atoms with Crippen LogP contribution >= 0.6 is 0 Å². The van der Waals surface area contributed by atoms with E-state index in [1.54, 1.807) is 0 Å². The van der Waals surface area contributed by atoms with Crippen LogP contribution in [0.3, 0.4) is 0 Å². The van der Waals surface area contributed by atoms with Crippen LogP contribution in [0, 0.1) is 0 Å². The van der Waals surface area contributed by atoms with Gasteiger partial charge in [-0.3, -0.25) is 4.68 Å². The summed E-state index contributed by atoms with van der Waals surface area (Å²) in [6.45, 7) is 11.2. The molecule has 0 aromatic carbocycles. The van der Waals surface area contributed by atoms with Gasteiger partial charge in [-0.25, -0.2) is 0 Å². The number of hydrogen-bond donors (Lipinski definition) is 1. The first-order chi connectivity index (χ1) is 9.03. The van der Waals surface area contributed by atoms with Crippen LogP contribution in [0.1, 0.15) is 46.2 Å². The Balaban J connectivity index is 2.32. The Morgan fingerprint density at radius 3 is 2.74 bits per heavy atom. The molecular formula is C15H28N4. The molecule has 4 nitrogen and oxygen atoms in total. The summed E-state index contributed by atoms with van der Waals surface area (Å²) in [6, 6.07) is 0.578. The van der Waals surface area contributed by atoms with Gasteiger partial charge in [0.2, 0.25) is 0 Å². The summed E-state index contributed by atoms with van der Waals surface area (Å²) in [7, 11) is 2.02. The molecule has 1 aromatic rings. The van der Waals surface area contributed by atoms with Crippen molar-refractivity contribution in [3.63, 3.8) is 0 Å². The third-order valence-electron chi connectivity index (χ3n) is 4.50. The monoisotopic (exact) mass is 264 g/mol. The first kappa shape index (κ1) is 14.4. The second-order valence-corrected chi connectivity index (χ2v) is 5.97.